The van der Waals surface area contributed by atoms with Gasteiger partial charge in [0.05, 0.1) is 27.9 Å². The number of benzene rings is 2. The molecule has 2 aromatic rings. The number of rotatable bonds is 6. The van der Waals surface area contributed by atoms with Crippen molar-refractivity contribution in [2.24, 2.45) is 0 Å². The van der Waals surface area contributed by atoms with Crippen LogP contribution in [0, 0.1) is 0 Å². The lowest BCUT2D eigenvalue weighted by Crippen LogP contribution is -2.13. The van der Waals surface area contributed by atoms with E-state index in [-0.39, 0.29) is 11.9 Å². The Kier molecular flexibility index (Phi) is 9.22. The van der Waals surface area contributed by atoms with E-state index in [1.165, 1.54) is 21.1 Å². The minimum atomic E-state index is -0.239. The molecule has 0 heterocycles. The van der Waals surface area contributed by atoms with Crippen molar-refractivity contribution in [3.63, 3.8) is 0 Å². The molecule has 0 aliphatic carbocycles. The summed E-state index contributed by atoms with van der Waals surface area (Å²) in [4.78, 5) is 22.1. The number of hydrogen-bond acceptors (Lipinski definition) is 6. The maximum Gasteiger partial charge on any atom is 0.302 e. The predicted molar refractivity (Wildman–Crippen MR) is 103 cm³/mol. The maximum atomic E-state index is 12.3. The normalized spacial score (nSPS) is 9.37. The molecule has 0 atom stereocenters. The molecule has 7 nitrogen and oxygen atoms in total. The summed E-state index contributed by atoms with van der Waals surface area (Å²) in [5, 5.41) is 2.80. The van der Waals surface area contributed by atoms with Crippen molar-refractivity contribution >= 4 is 17.6 Å². The van der Waals surface area contributed by atoms with Gasteiger partial charge in [-0.2, -0.15) is 0 Å². The molecule has 0 unspecified atom stereocenters. The van der Waals surface area contributed by atoms with Crippen molar-refractivity contribution in [3.8, 4) is 17.2 Å². The smallest absolute Gasteiger partial charge is 0.302 e. The van der Waals surface area contributed by atoms with Gasteiger partial charge in [-0.05, 0) is 19.1 Å². The van der Waals surface area contributed by atoms with Crippen molar-refractivity contribution < 1.29 is 28.5 Å². The molecule has 1 amide bonds. The van der Waals surface area contributed by atoms with Gasteiger partial charge in [-0.1, -0.05) is 18.2 Å². The average molecular weight is 375 g/mol. The number of amides is 1. The van der Waals surface area contributed by atoms with Gasteiger partial charge in [-0.3, -0.25) is 9.59 Å². The molecule has 0 saturated heterocycles. The number of carbonyl (C=O) groups excluding carboxylic acids is 2. The van der Waals surface area contributed by atoms with Crippen molar-refractivity contribution in [3.05, 3.63) is 48.0 Å². The minimum absolute atomic E-state index is 0.211. The Balaban J connectivity index is 0.000000527. The molecule has 0 aliphatic heterocycles. The molecule has 0 fully saturated rings. The Bertz CT molecular complexity index is 720. The van der Waals surface area contributed by atoms with E-state index >= 15 is 0 Å². The topological polar surface area (TPSA) is 83.1 Å². The third kappa shape index (κ3) is 6.89. The van der Waals surface area contributed by atoms with Crippen LogP contribution in [0.15, 0.2) is 42.5 Å². The first-order valence-electron chi connectivity index (χ1n) is 8.26. The van der Waals surface area contributed by atoms with Crippen LogP contribution < -0.4 is 19.5 Å². The molecule has 2 rings (SSSR count). The monoisotopic (exact) mass is 375 g/mol. The second kappa shape index (κ2) is 11.4. The molecular weight excluding hydrogens is 350 g/mol. The standard InChI is InChI=1S/C16H17NO4.C4H8O2/c1-19-12-9-13(20-2)15(14(10-12)21-3)17-16(18)11-7-5-4-6-8-11;1-3-6-4(2)5/h4-10H,1-3H3,(H,17,18);3H2,1-2H3. The van der Waals surface area contributed by atoms with Gasteiger partial charge in [0, 0.05) is 24.6 Å². The molecule has 0 spiro atoms. The average Bonchev–Trinajstić information content (AvgIpc) is 2.68. The molecule has 0 saturated carbocycles. The van der Waals surface area contributed by atoms with Crippen molar-refractivity contribution in [2.45, 2.75) is 13.8 Å². The highest BCUT2D eigenvalue weighted by Crippen LogP contribution is 2.39. The van der Waals surface area contributed by atoms with E-state index in [4.69, 9.17) is 14.2 Å². The zero-order chi connectivity index (χ0) is 20.2. The van der Waals surface area contributed by atoms with Gasteiger partial charge >= 0.3 is 5.97 Å². The summed E-state index contributed by atoms with van der Waals surface area (Å²) in [6.07, 6.45) is 0. The van der Waals surface area contributed by atoms with Gasteiger partial charge in [0.1, 0.15) is 22.9 Å². The van der Waals surface area contributed by atoms with Crippen LogP contribution in [-0.2, 0) is 9.53 Å². The van der Waals surface area contributed by atoms with Crippen LogP contribution in [-0.4, -0.2) is 39.8 Å². The second-order valence-electron chi connectivity index (χ2n) is 5.15. The summed E-state index contributed by atoms with van der Waals surface area (Å²) in [5.41, 5.74) is 1.02. The van der Waals surface area contributed by atoms with Crippen LogP contribution in [0.4, 0.5) is 5.69 Å². The molecule has 0 bridgehead atoms. The van der Waals surface area contributed by atoms with Gasteiger partial charge < -0.3 is 24.3 Å². The first kappa shape index (κ1) is 21.8. The number of ether oxygens (including phenoxy) is 4. The molecule has 146 valence electrons. The van der Waals surface area contributed by atoms with E-state index in [0.29, 0.717) is 35.1 Å². The number of nitrogens with one attached hydrogen (secondary N) is 1. The highest BCUT2D eigenvalue weighted by atomic mass is 16.5. The zero-order valence-corrected chi connectivity index (χ0v) is 16.2. The number of esters is 1. The fourth-order valence-corrected chi connectivity index (χ4v) is 2.11. The van der Waals surface area contributed by atoms with E-state index in [9.17, 15) is 9.59 Å². The minimum Gasteiger partial charge on any atom is -0.496 e. The van der Waals surface area contributed by atoms with E-state index in [1.807, 2.05) is 6.07 Å². The van der Waals surface area contributed by atoms with Gasteiger partial charge in [0.15, 0.2) is 0 Å². The molecule has 0 aliphatic rings. The van der Waals surface area contributed by atoms with Crippen LogP contribution in [0.5, 0.6) is 17.2 Å². The summed E-state index contributed by atoms with van der Waals surface area (Å²) in [7, 11) is 4.59. The van der Waals surface area contributed by atoms with E-state index in [0.717, 1.165) is 0 Å². The van der Waals surface area contributed by atoms with Crippen LogP contribution >= 0.6 is 0 Å². The summed E-state index contributed by atoms with van der Waals surface area (Å²) in [6, 6.07) is 12.3. The van der Waals surface area contributed by atoms with Gasteiger partial charge in [0.25, 0.3) is 5.91 Å². The van der Waals surface area contributed by atoms with E-state index < -0.39 is 0 Å². The largest absolute Gasteiger partial charge is 0.496 e. The molecular formula is C20H25NO6. The predicted octanol–water partition coefficient (Wildman–Crippen LogP) is 3.53. The Morgan fingerprint density at radius 3 is 1.85 bits per heavy atom. The highest BCUT2D eigenvalue weighted by Gasteiger charge is 2.16. The molecule has 0 radical (unpaired) electrons. The lowest BCUT2D eigenvalue weighted by molar-refractivity contribution is -0.140. The summed E-state index contributed by atoms with van der Waals surface area (Å²) < 4.78 is 20.2. The van der Waals surface area contributed by atoms with Crippen molar-refractivity contribution in [1.29, 1.82) is 0 Å². The first-order valence-corrected chi connectivity index (χ1v) is 8.26. The fraction of sp³-hybridized carbons (Fsp3) is 0.300. The summed E-state index contributed by atoms with van der Waals surface area (Å²) in [5.74, 6) is 1.07. The third-order valence-corrected chi connectivity index (χ3v) is 3.34. The number of hydrogen-bond donors (Lipinski definition) is 1. The molecule has 27 heavy (non-hydrogen) atoms. The number of anilines is 1. The lowest BCUT2D eigenvalue weighted by Gasteiger charge is -2.15. The fourth-order valence-electron chi connectivity index (χ4n) is 2.11. The number of carbonyl (C=O) groups is 2. The van der Waals surface area contributed by atoms with Crippen LogP contribution in [0.2, 0.25) is 0 Å². The molecule has 1 N–H and O–H groups in total. The van der Waals surface area contributed by atoms with Gasteiger partial charge in [-0.15, -0.1) is 0 Å². The highest BCUT2D eigenvalue weighted by molar-refractivity contribution is 6.06. The van der Waals surface area contributed by atoms with Crippen LogP contribution in [0.1, 0.15) is 24.2 Å². The molecule has 7 heteroatoms. The van der Waals surface area contributed by atoms with Crippen molar-refractivity contribution in [1.82, 2.24) is 0 Å². The molecule has 2 aromatic carbocycles. The van der Waals surface area contributed by atoms with Crippen LogP contribution in [0.25, 0.3) is 0 Å². The van der Waals surface area contributed by atoms with Crippen LogP contribution in [0.3, 0.4) is 0 Å². The zero-order valence-electron chi connectivity index (χ0n) is 16.2. The Morgan fingerprint density at radius 1 is 0.926 bits per heavy atom. The lowest BCUT2D eigenvalue weighted by atomic mass is 10.2. The summed E-state index contributed by atoms with van der Waals surface area (Å²) >= 11 is 0. The maximum absolute atomic E-state index is 12.3. The molecule has 0 aromatic heterocycles. The van der Waals surface area contributed by atoms with E-state index in [2.05, 4.69) is 10.1 Å². The third-order valence-electron chi connectivity index (χ3n) is 3.34. The Morgan fingerprint density at radius 2 is 1.48 bits per heavy atom. The first-order chi connectivity index (χ1) is 13.0. The number of methoxy groups -OCH3 is 3. The quantitative estimate of drug-likeness (QED) is 0.778. The SMILES string of the molecule is CCOC(C)=O.COc1cc(OC)c(NC(=O)c2ccccc2)c(OC)c1. The Labute approximate surface area is 159 Å². The van der Waals surface area contributed by atoms with E-state index in [1.54, 1.807) is 50.4 Å². The second-order valence-corrected chi connectivity index (χ2v) is 5.15. The van der Waals surface area contributed by atoms with Crippen molar-refractivity contribution in [2.75, 3.05) is 33.3 Å². The van der Waals surface area contributed by atoms with Gasteiger partial charge in [0.2, 0.25) is 0 Å². The Hall–Kier alpha value is -3.22. The summed E-state index contributed by atoms with van der Waals surface area (Å²) in [6.45, 7) is 3.65. The van der Waals surface area contributed by atoms with Gasteiger partial charge in [-0.25, -0.2) is 0 Å².